The molecule has 1 saturated heterocycles. The average Bonchev–Trinajstić information content (AvgIpc) is 2.85. The molecule has 0 amide bonds. The second-order valence-corrected chi connectivity index (χ2v) is 11.0. The zero-order valence-corrected chi connectivity index (χ0v) is 22.6. The first-order valence-electron chi connectivity index (χ1n) is 11.6. The van der Waals surface area contributed by atoms with E-state index in [4.69, 9.17) is 27.1 Å². The SMILES string of the molecule is Cc1nc(N)cc(-c2cc([C@@H](C)N3CCOCC3)cnc2Nc2cnc(Cl)c(NS(=O)(=O)N(C)C)c2)n1. The van der Waals surface area contributed by atoms with Crippen molar-refractivity contribution in [2.45, 2.75) is 19.9 Å². The van der Waals surface area contributed by atoms with Crippen molar-refractivity contribution in [3.63, 3.8) is 0 Å². The maximum atomic E-state index is 12.3. The van der Waals surface area contributed by atoms with Gasteiger partial charge in [0.05, 0.1) is 36.5 Å². The van der Waals surface area contributed by atoms with Gasteiger partial charge in [-0.1, -0.05) is 11.6 Å². The number of morpholine rings is 1. The Kier molecular flexibility index (Phi) is 8.09. The van der Waals surface area contributed by atoms with Crippen molar-refractivity contribution in [2.24, 2.45) is 0 Å². The smallest absolute Gasteiger partial charge is 0.301 e. The zero-order valence-electron chi connectivity index (χ0n) is 21.1. The van der Waals surface area contributed by atoms with Crippen LogP contribution in [-0.2, 0) is 14.9 Å². The van der Waals surface area contributed by atoms with Crippen molar-refractivity contribution in [2.75, 3.05) is 56.2 Å². The average molecular weight is 548 g/mol. The number of aromatic nitrogens is 4. The Bertz CT molecular complexity index is 1360. The zero-order chi connectivity index (χ0) is 26.7. The molecule has 37 heavy (non-hydrogen) atoms. The van der Waals surface area contributed by atoms with Gasteiger partial charge in [-0.3, -0.25) is 9.62 Å². The van der Waals surface area contributed by atoms with Crippen LogP contribution in [-0.4, -0.2) is 78.0 Å². The van der Waals surface area contributed by atoms with Crippen LogP contribution < -0.4 is 15.8 Å². The van der Waals surface area contributed by atoms with Gasteiger partial charge in [-0.2, -0.15) is 12.7 Å². The predicted molar refractivity (Wildman–Crippen MR) is 144 cm³/mol. The fourth-order valence-electron chi connectivity index (χ4n) is 3.86. The van der Waals surface area contributed by atoms with Crippen molar-refractivity contribution < 1.29 is 13.2 Å². The van der Waals surface area contributed by atoms with Gasteiger partial charge in [-0.05, 0) is 31.5 Å². The Labute approximate surface area is 221 Å². The first kappa shape index (κ1) is 26.9. The summed E-state index contributed by atoms with van der Waals surface area (Å²) in [6.07, 6.45) is 3.30. The van der Waals surface area contributed by atoms with Gasteiger partial charge in [0, 0.05) is 51.1 Å². The van der Waals surface area contributed by atoms with Crippen LogP contribution in [0.2, 0.25) is 5.15 Å². The van der Waals surface area contributed by atoms with Crippen LogP contribution in [0.1, 0.15) is 24.4 Å². The Hall–Kier alpha value is -3.10. The monoisotopic (exact) mass is 547 g/mol. The standard InChI is InChI=1S/C23H30ClN9O3S/c1-14(33-5-7-36-8-6-33)16-9-18(19-11-21(25)29-15(2)28-19)23(27-12-16)30-17-10-20(22(24)26-13-17)31-37(34,35)32(3)4/h9-14,31H,5-8H2,1-4H3,(H,27,30)(H2,25,28,29)/t14-/m1/s1. The number of anilines is 4. The third kappa shape index (κ3) is 6.43. The van der Waals surface area contributed by atoms with E-state index in [2.05, 4.69) is 36.8 Å². The highest BCUT2D eigenvalue weighted by Crippen LogP contribution is 2.33. The summed E-state index contributed by atoms with van der Waals surface area (Å²) in [5.74, 6) is 1.36. The molecule has 1 fully saturated rings. The molecule has 12 nitrogen and oxygen atoms in total. The Morgan fingerprint density at radius 1 is 1.14 bits per heavy atom. The van der Waals surface area contributed by atoms with Crippen LogP contribution in [0.25, 0.3) is 11.3 Å². The molecule has 0 bridgehead atoms. The molecule has 0 aliphatic carbocycles. The van der Waals surface area contributed by atoms with E-state index in [0.29, 0.717) is 47.6 Å². The fourth-order valence-corrected chi connectivity index (χ4v) is 4.69. The highest BCUT2D eigenvalue weighted by atomic mass is 35.5. The van der Waals surface area contributed by atoms with Gasteiger partial charge in [-0.25, -0.2) is 19.9 Å². The number of ether oxygens (including phenoxy) is 1. The molecule has 4 rings (SSSR count). The van der Waals surface area contributed by atoms with E-state index >= 15 is 0 Å². The lowest BCUT2D eigenvalue weighted by atomic mass is 10.0. The first-order valence-corrected chi connectivity index (χ1v) is 13.4. The molecule has 0 radical (unpaired) electrons. The molecule has 3 aromatic rings. The molecule has 1 aliphatic heterocycles. The van der Waals surface area contributed by atoms with Gasteiger partial charge < -0.3 is 15.8 Å². The van der Waals surface area contributed by atoms with E-state index in [-0.39, 0.29) is 16.9 Å². The summed E-state index contributed by atoms with van der Waals surface area (Å²) >= 11 is 6.16. The molecule has 4 heterocycles. The minimum Gasteiger partial charge on any atom is -0.384 e. The van der Waals surface area contributed by atoms with Crippen molar-refractivity contribution in [3.8, 4) is 11.3 Å². The van der Waals surface area contributed by atoms with E-state index < -0.39 is 10.2 Å². The van der Waals surface area contributed by atoms with Crippen LogP contribution in [0.5, 0.6) is 0 Å². The number of rotatable bonds is 8. The van der Waals surface area contributed by atoms with E-state index in [9.17, 15) is 8.42 Å². The lowest BCUT2D eigenvalue weighted by Crippen LogP contribution is -2.38. The molecule has 198 valence electrons. The third-order valence-electron chi connectivity index (χ3n) is 5.94. The summed E-state index contributed by atoms with van der Waals surface area (Å²) in [5.41, 5.74) is 8.94. The number of nitrogen functional groups attached to an aromatic ring is 1. The molecule has 0 unspecified atom stereocenters. The molecule has 3 aromatic heterocycles. The fraction of sp³-hybridized carbons (Fsp3) is 0.391. The topological polar surface area (TPSA) is 151 Å². The number of aryl methyl sites for hydroxylation is 1. The Morgan fingerprint density at radius 2 is 1.86 bits per heavy atom. The van der Waals surface area contributed by atoms with Crippen LogP contribution in [0.3, 0.4) is 0 Å². The van der Waals surface area contributed by atoms with E-state index in [1.54, 1.807) is 19.1 Å². The van der Waals surface area contributed by atoms with E-state index in [1.165, 1.54) is 20.3 Å². The summed E-state index contributed by atoms with van der Waals surface area (Å²) < 4.78 is 33.6. The lowest BCUT2D eigenvalue weighted by Gasteiger charge is -2.32. The maximum absolute atomic E-state index is 12.3. The summed E-state index contributed by atoms with van der Waals surface area (Å²) in [5, 5.41) is 3.23. The summed E-state index contributed by atoms with van der Waals surface area (Å²) in [4.78, 5) is 19.9. The quantitative estimate of drug-likeness (QED) is 0.359. The Morgan fingerprint density at radius 3 is 2.54 bits per heavy atom. The van der Waals surface area contributed by atoms with Crippen LogP contribution >= 0.6 is 11.6 Å². The van der Waals surface area contributed by atoms with Gasteiger partial charge >= 0.3 is 10.2 Å². The highest BCUT2D eigenvalue weighted by Gasteiger charge is 2.22. The van der Waals surface area contributed by atoms with Gasteiger partial charge in [0.15, 0.2) is 5.15 Å². The van der Waals surface area contributed by atoms with E-state index in [1.807, 2.05) is 12.3 Å². The third-order valence-corrected chi connectivity index (χ3v) is 7.68. The molecule has 4 N–H and O–H groups in total. The molecule has 0 saturated carbocycles. The number of hydrogen-bond acceptors (Lipinski definition) is 10. The molecule has 14 heteroatoms. The molecular weight excluding hydrogens is 518 g/mol. The maximum Gasteiger partial charge on any atom is 0.301 e. The summed E-state index contributed by atoms with van der Waals surface area (Å²) in [6.45, 7) is 6.94. The van der Waals surface area contributed by atoms with Crippen LogP contribution in [0.4, 0.5) is 23.0 Å². The normalized spacial score (nSPS) is 15.5. The summed E-state index contributed by atoms with van der Waals surface area (Å²) in [7, 11) is -0.952. The van der Waals surface area contributed by atoms with Gasteiger partial charge in [0.25, 0.3) is 0 Å². The number of nitrogens with one attached hydrogen (secondary N) is 2. The second-order valence-electron chi connectivity index (χ2n) is 8.79. The molecule has 0 spiro atoms. The number of nitrogens with zero attached hydrogens (tertiary/aromatic N) is 6. The largest absolute Gasteiger partial charge is 0.384 e. The first-order chi connectivity index (χ1) is 17.5. The van der Waals surface area contributed by atoms with Crippen LogP contribution in [0, 0.1) is 6.92 Å². The van der Waals surface area contributed by atoms with Crippen LogP contribution in [0.15, 0.2) is 30.6 Å². The second kappa shape index (κ2) is 11.1. The molecule has 0 aromatic carbocycles. The van der Waals surface area contributed by atoms with Crippen molar-refractivity contribution in [1.82, 2.24) is 29.1 Å². The number of hydrogen-bond donors (Lipinski definition) is 3. The molecule has 1 atom stereocenters. The van der Waals surface area contributed by atoms with Gasteiger partial charge in [0.2, 0.25) is 0 Å². The van der Waals surface area contributed by atoms with Crippen molar-refractivity contribution in [3.05, 3.63) is 47.1 Å². The Balaban J connectivity index is 1.73. The lowest BCUT2D eigenvalue weighted by molar-refractivity contribution is 0.0198. The van der Waals surface area contributed by atoms with Crippen molar-refractivity contribution >= 4 is 44.8 Å². The number of pyridine rings is 2. The predicted octanol–water partition coefficient (Wildman–Crippen LogP) is 2.83. The molecular formula is C23H30ClN9O3S. The number of halogens is 1. The van der Waals surface area contributed by atoms with Crippen molar-refractivity contribution in [1.29, 1.82) is 0 Å². The molecule has 1 aliphatic rings. The van der Waals surface area contributed by atoms with Gasteiger partial charge in [-0.15, -0.1) is 0 Å². The highest BCUT2D eigenvalue weighted by molar-refractivity contribution is 7.90. The minimum atomic E-state index is -3.78. The van der Waals surface area contributed by atoms with Gasteiger partial charge in [0.1, 0.15) is 17.5 Å². The number of nitrogens with two attached hydrogens (primary N) is 1. The minimum absolute atomic E-state index is 0.0121. The van der Waals surface area contributed by atoms with E-state index in [0.717, 1.165) is 23.0 Å². The summed E-state index contributed by atoms with van der Waals surface area (Å²) in [6, 6.07) is 5.37.